The van der Waals surface area contributed by atoms with Crippen LogP contribution in [0.4, 0.5) is 11.4 Å². The van der Waals surface area contributed by atoms with Gasteiger partial charge in [-0.1, -0.05) is 54.1 Å². The summed E-state index contributed by atoms with van der Waals surface area (Å²) in [5.74, 6) is -0.617. The summed E-state index contributed by atoms with van der Waals surface area (Å²) in [6, 6.07) is 18.3. The van der Waals surface area contributed by atoms with E-state index in [0.29, 0.717) is 5.56 Å². The van der Waals surface area contributed by atoms with E-state index in [1.807, 2.05) is 13.0 Å². The average Bonchev–Trinajstić information content (AvgIpc) is 2.75. The predicted octanol–water partition coefficient (Wildman–Crippen LogP) is 3.74. The van der Waals surface area contributed by atoms with Gasteiger partial charge in [0, 0.05) is 12.1 Å². The summed E-state index contributed by atoms with van der Waals surface area (Å²) in [5.41, 5.74) is 2.35. The van der Waals surface area contributed by atoms with E-state index in [0.717, 1.165) is 11.1 Å². The van der Waals surface area contributed by atoms with Gasteiger partial charge in [-0.2, -0.15) is 4.72 Å². The highest BCUT2D eigenvalue weighted by atomic mass is 32.2. The van der Waals surface area contributed by atoms with Crippen molar-refractivity contribution in [2.24, 2.45) is 0 Å². The number of non-ortho nitro benzene ring substituents is 1. The Kier molecular flexibility index (Phi) is 7.01. The van der Waals surface area contributed by atoms with Gasteiger partial charge in [-0.3, -0.25) is 14.9 Å². The summed E-state index contributed by atoms with van der Waals surface area (Å²) in [7, 11) is -3.98. The number of nitro groups is 1. The maximum atomic E-state index is 13.1. The van der Waals surface area contributed by atoms with Crippen LogP contribution in [0, 0.1) is 24.0 Å². The number of aryl methyl sites for hydroxylation is 2. The molecule has 0 aliphatic heterocycles. The van der Waals surface area contributed by atoms with Crippen LogP contribution in [0.15, 0.2) is 77.7 Å². The third kappa shape index (κ3) is 5.77. The Morgan fingerprint density at radius 2 is 1.66 bits per heavy atom. The quantitative estimate of drug-likeness (QED) is 0.398. The Hall–Kier alpha value is -3.56. The third-order valence-electron chi connectivity index (χ3n) is 4.92. The Labute approximate surface area is 186 Å². The zero-order chi connectivity index (χ0) is 23.3. The van der Waals surface area contributed by atoms with Crippen molar-refractivity contribution >= 4 is 27.3 Å². The molecule has 0 fully saturated rings. The molecule has 2 N–H and O–H groups in total. The fraction of sp³-hybridized carbons (Fsp3) is 0.174. The van der Waals surface area contributed by atoms with Crippen molar-refractivity contribution in [1.29, 1.82) is 0 Å². The first-order valence-electron chi connectivity index (χ1n) is 9.84. The molecule has 0 aromatic heterocycles. The van der Waals surface area contributed by atoms with Gasteiger partial charge in [-0.25, -0.2) is 8.42 Å². The lowest BCUT2D eigenvalue weighted by molar-refractivity contribution is -0.384. The fourth-order valence-corrected chi connectivity index (χ4v) is 4.28. The lowest BCUT2D eigenvalue weighted by Crippen LogP contribution is -2.45. The van der Waals surface area contributed by atoms with Crippen LogP contribution in [-0.2, 0) is 21.2 Å². The van der Waals surface area contributed by atoms with Crippen molar-refractivity contribution in [3.63, 3.8) is 0 Å². The third-order valence-corrected chi connectivity index (χ3v) is 6.41. The molecular weight excluding hydrogens is 430 g/mol. The van der Waals surface area contributed by atoms with Gasteiger partial charge in [-0.05, 0) is 43.5 Å². The standard InChI is InChI=1S/C23H23N3O5S/c1-16-8-12-20(13-9-16)32(30,31)25-22(14-18-6-4-3-5-7-18)23(27)24-21-15-19(26(28)29)11-10-17(21)2/h3-13,15,22,25H,14H2,1-2H3,(H,24,27)/t22-/m0/s1. The summed E-state index contributed by atoms with van der Waals surface area (Å²) in [4.78, 5) is 23.7. The van der Waals surface area contributed by atoms with Gasteiger partial charge in [0.1, 0.15) is 6.04 Å². The molecule has 1 amide bonds. The van der Waals surface area contributed by atoms with E-state index < -0.39 is 26.9 Å². The molecule has 0 bridgehead atoms. The largest absolute Gasteiger partial charge is 0.324 e. The first-order chi connectivity index (χ1) is 15.2. The van der Waals surface area contributed by atoms with Crippen LogP contribution < -0.4 is 10.0 Å². The van der Waals surface area contributed by atoms with Crippen LogP contribution in [0.2, 0.25) is 0 Å². The molecule has 166 valence electrons. The molecular formula is C23H23N3O5S. The molecule has 3 rings (SSSR count). The van der Waals surface area contributed by atoms with Gasteiger partial charge in [-0.15, -0.1) is 0 Å². The second kappa shape index (κ2) is 9.71. The van der Waals surface area contributed by atoms with Crippen molar-refractivity contribution in [3.05, 3.63) is 99.6 Å². The average molecular weight is 454 g/mol. The highest BCUT2D eigenvalue weighted by Crippen LogP contribution is 2.22. The molecule has 0 spiro atoms. The molecule has 8 nitrogen and oxygen atoms in total. The fourth-order valence-electron chi connectivity index (χ4n) is 3.09. The number of nitro benzene ring substituents is 1. The van der Waals surface area contributed by atoms with E-state index in [2.05, 4.69) is 10.0 Å². The van der Waals surface area contributed by atoms with Crippen LogP contribution in [0.3, 0.4) is 0 Å². The van der Waals surface area contributed by atoms with Crippen molar-refractivity contribution in [2.45, 2.75) is 31.2 Å². The van der Waals surface area contributed by atoms with Crippen LogP contribution in [-0.4, -0.2) is 25.3 Å². The SMILES string of the molecule is Cc1ccc(S(=O)(=O)N[C@@H](Cc2ccccc2)C(=O)Nc2cc([N+](=O)[O-])ccc2C)cc1. The van der Waals surface area contributed by atoms with E-state index in [1.54, 1.807) is 43.3 Å². The number of carbonyl (C=O) groups excluding carboxylic acids is 1. The number of hydrogen-bond acceptors (Lipinski definition) is 5. The van der Waals surface area contributed by atoms with E-state index in [4.69, 9.17) is 0 Å². The number of nitrogens with one attached hydrogen (secondary N) is 2. The van der Waals surface area contributed by atoms with E-state index >= 15 is 0 Å². The minimum Gasteiger partial charge on any atom is -0.324 e. The number of nitrogens with zero attached hydrogens (tertiary/aromatic N) is 1. The summed E-state index contributed by atoms with van der Waals surface area (Å²) < 4.78 is 28.3. The van der Waals surface area contributed by atoms with Gasteiger partial charge in [0.05, 0.1) is 15.5 Å². The molecule has 0 radical (unpaired) electrons. The lowest BCUT2D eigenvalue weighted by Gasteiger charge is -2.19. The number of hydrogen-bond donors (Lipinski definition) is 2. The molecule has 0 saturated heterocycles. The summed E-state index contributed by atoms with van der Waals surface area (Å²) >= 11 is 0. The van der Waals surface area contributed by atoms with Crippen LogP contribution in [0.25, 0.3) is 0 Å². The first kappa shape index (κ1) is 23.1. The summed E-state index contributed by atoms with van der Waals surface area (Å²) in [5, 5.41) is 13.7. The molecule has 0 unspecified atom stereocenters. The van der Waals surface area contributed by atoms with Gasteiger partial charge in [0.15, 0.2) is 0 Å². The minimum atomic E-state index is -3.98. The molecule has 0 aliphatic carbocycles. The Bertz CT molecular complexity index is 1230. The number of rotatable bonds is 8. The van der Waals surface area contributed by atoms with E-state index in [1.165, 1.54) is 30.3 Å². The molecule has 0 saturated carbocycles. The van der Waals surface area contributed by atoms with Gasteiger partial charge in [0.2, 0.25) is 15.9 Å². The van der Waals surface area contributed by atoms with Crippen molar-refractivity contribution in [3.8, 4) is 0 Å². The molecule has 9 heteroatoms. The molecule has 3 aromatic rings. The summed E-state index contributed by atoms with van der Waals surface area (Å²) in [6.07, 6.45) is 0.103. The molecule has 32 heavy (non-hydrogen) atoms. The number of benzene rings is 3. The lowest BCUT2D eigenvalue weighted by atomic mass is 10.1. The molecule has 1 atom stereocenters. The maximum Gasteiger partial charge on any atom is 0.271 e. The molecule has 0 aliphatic rings. The Balaban J connectivity index is 1.90. The molecule has 3 aromatic carbocycles. The van der Waals surface area contributed by atoms with E-state index in [-0.39, 0.29) is 22.7 Å². The Morgan fingerprint density at radius 3 is 2.28 bits per heavy atom. The first-order valence-corrected chi connectivity index (χ1v) is 11.3. The zero-order valence-electron chi connectivity index (χ0n) is 17.6. The van der Waals surface area contributed by atoms with Gasteiger partial charge < -0.3 is 5.32 Å². The number of carbonyl (C=O) groups is 1. The highest BCUT2D eigenvalue weighted by Gasteiger charge is 2.27. The van der Waals surface area contributed by atoms with Crippen LogP contribution in [0.1, 0.15) is 16.7 Å². The monoisotopic (exact) mass is 453 g/mol. The highest BCUT2D eigenvalue weighted by molar-refractivity contribution is 7.89. The molecule has 0 heterocycles. The van der Waals surface area contributed by atoms with E-state index in [9.17, 15) is 23.3 Å². The Morgan fingerprint density at radius 1 is 1.00 bits per heavy atom. The number of sulfonamides is 1. The number of anilines is 1. The predicted molar refractivity (Wildman–Crippen MR) is 122 cm³/mol. The number of amides is 1. The van der Waals surface area contributed by atoms with Crippen LogP contribution in [0.5, 0.6) is 0 Å². The topological polar surface area (TPSA) is 118 Å². The van der Waals surface area contributed by atoms with Crippen molar-refractivity contribution in [1.82, 2.24) is 4.72 Å². The van der Waals surface area contributed by atoms with Crippen LogP contribution >= 0.6 is 0 Å². The van der Waals surface area contributed by atoms with Gasteiger partial charge >= 0.3 is 0 Å². The summed E-state index contributed by atoms with van der Waals surface area (Å²) in [6.45, 7) is 3.54. The maximum absolute atomic E-state index is 13.1. The smallest absolute Gasteiger partial charge is 0.271 e. The minimum absolute atomic E-state index is 0.0421. The normalized spacial score (nSPS) is 12.2. The second-order valence-corrected chi connectivity index (χ2v) is 9.14. The van der Waals surface area contributed by atoms with Crippen molar-refractivity contribution in [2.75, 3.05) is 5.32 Å². The zero-order valence-corrected chi connectivity index (χ0v) is 18.4. The van der Waals surface area contributed by atoms with Gasteiger partial charge in [0.25, 0.3) is 5.69 Å². The second-order valence-electron chi connectivity index (χ2n) is 7.42. The van der Waals surface area contributed by atoms with Crippen molar-refractivity contribution < 1.29 is 18.1 Å².